The highest BCUT2D eigenvalue weighted by Crippen LogP contribution is 2.34. The normalized spacial score (nSPS) is 26.2. The van der Waals surface area contributed by atoms with Gasteiger partial charge in [-0.25, -0.2) is 0 Å². The topological polar surface area (TPSA) is 47.6 Å². The lowest BCUT2D eigenvalue weighted by Crippen LogP contribution is -2.38. The number of carbonyl (C=O) groups is 1. The molecular formula is C30H36N4O. The molecule has 1 saturated carbocycles. The third-order valence-corrected chi connectivity index (χ3v) is 8.41. The van der Waals surface area contributed by atoms with Crippen molar-refractivity contribution in [3.05, 3.63) is 95.3 Å². The van der Waals surface area contributed by atoms with Crippen molar-refractivity contribution in [1.29, 1.82) is 0 Å². The third kappa shape index (κ3) is 4.87. The highest BCUT2D eigenvalue weighted by Gasteiger charge is 2.29. The minimum Gasteiger partial charge on any atom is -0.352 e. The number of likely N-dealkylation sites (tertiary alicyclic amines) is 1. The van der Waals surface area contributed by atoms with Gasteiger partial charge in [0, 0.05) is 30.6 Å². The highest BCUT2D eigenvalue weighted by atomic mass is 16.1. The van der Waals surface area contributed by atoms with Gasteiger partial charge >= 0.3 is 0 Å². The first kappa shape index (κ1) is 22.4. The summed E-state index contributed by atoms with van der Waals surface area (Å²) >= 11 is 0. The molecule has 1 saturated heterocycles. The van der Waals surface area contributed by atoms with Crippen LogP contribution >= 0.6 is 0 Å². The molecule has 0 bridgehead atoms. The molecule has 182 valence electrons. The molecule has 0 radical (unpaired) electrons. The minimum absolute atomic E-state index is 0.0397. The molecule has 1 amide bonds. The summed E-state index contributed by atoms with van der Waals surface area (Å²) in [5, 5.41) is 6.49. The van der Waals surface area contributed by atoms with Crippen LogP contribution in [0.5, 0.6) is 0 Å². The first-order chi connectivity index (χ1) is 17.2. The molecule has 6 rings (SSSR count). The Morgan fingerprint density at radius 3 is 2.51 bits per heavy atom. The van der Waals surface area contributed by atoms with Crippen LogP contribution in [-0.4, -0.2) is 41.9 Å². The molecule has 35 heavy (non-hydrogen) atoms. The van der Waals surface area contributed by atoms with Crippen LogP contribution in [-0.2, 0) is 4.79 Å². The number of piperidine rings is 1. The van der Waals surface area contributed by atoms with Crippen molar-refractivity contribution in [2.24, 2.45) is 11.8 Å². The van der Waals surface area contributed by atoms with Crippen molar-refractivity contribution in [1.82, 2.24) is 20.4 Å². The van der Waals surface area contributed by atoms with Gasteiger partial charge in [-0.15, -0.1) is 0 Å². The predicted octanol–water partition coefficient (Wildman–Crippen LogP) is 4.77. The first-order valence-corrected chi connectivity index (χ1v) is 13.4. The van der Waals surface area contributed by atoms with Gasteiger partial charge in [-0.3, -0.25) is 9.69 Å². The number of amides is 1. The van der Waals surface area contributed by atoms with Crippen LogP contribution in [0, 0.1) is 11.8 Å². The quantitative estimate of drug-likeness (QED) is 0.631. The molecular weight excluding hydrogens is 432 g/mol. The average Bonchev–Trinajstić information content (AvgIpc) is 3.33. The maximum Gasteiger partial charge on any atom is 0.251 e. The lowest BCUT2D eigenvalue weighted by Gasteiger charge is -2.37. The van der Waals surface area contributed by atoms with E-state index in [9.17, 15) is 4.79 Å². The second-order valence-electron chi connectivity index (χ2n) is 10.7. The summed E-state index contributed by atoms with van der Waals surface area (Å²) in [6.07, 6.45) is 19.7. The molecule has 0 spiro atoms. The van der Waals surface area contributed by atoms with Crippen molar-refractivity contribution in [3.8, 4) is 0 Å². The van der Waals surface area contributed by atoms with Crippen molar-refractivity contribution < 1.29 is 4.79 Å². The number of hydrogen-bond donors (Lipinski definition) is 2. The van der Waals surface area contributed by atoms with E-state index in [1.165, 1.54) is 63.7 Å². The zero-order valence-electron chi connectivity index (χ0n) is 20.5. The number of rotatable bonds is 6. The number of allylic oxidation sites excluding steroid dienone is 4. The Morgan fingerprint density at radius 1 is 0.943 bits per heavy atom. The molecule has 4 heterocycles. The molecule has 0 unspecified atom stereocenters. The smallest absolute Gasteiger partial charge is 0.251 e. The molecule has 2 N–H and O–H groups in total. The second-order valence-corrected chi connectivity index (χ2v) is 10.7. The summed E-state index contributed by atoms with van der Waals surface area (Å²) in [7, 11) is 0. The summed E-state index contributed by atoms with van der Waals surface area (Å²) in [6.45, 7) is 4.51. The van der Waals surface area contributed by atoms with Gasteiger partial charge < -0.3 is 15.5 Å². The third-order valence-electron chi connectivity index (χ3n) is 8.41. The van der Waals surface area contributed by atoms with Crippen LogP contribution in [0.25, 0.3) is 0 Å². The van der Waals surface area contributed by atoms with Crippen LogP contribution in [0.4, 0.5) is 0 Å². The molecule has 5 nitrogen and oxygen atoms in total. The van der Waals surface area contributed by atoms with Crippen LogP contribution in [0.2, 0.25) is 0 Å². The Morgan fingerprint density at radius 2 is 1.71 bits per heavy atom. The van der Waals surface area contributed by atoms with E-state index < -0.39 is 0 Å². The van der Waals surface area contributed by atoms with E-state index in [1.54, 1.807) is 0 Å². The molecule has 1 aromatic rings. The van der Waals surface area contributed by atoms with Gasteiger partial charge in [0.15, 0.2) is 0 Å². The number of hydrogen-bond acceptors (Lipinski definition) is 4. The van der Waals surface area contributed by atoms with Gasteiger partial charge in [0.05, 0.1) is 5.70 Å². The zero-order chi connectivity index (χ0) is 23.6. The summed E-state index contributed by atoms with van der Waals surface area (Å²) in [5.74, 6) is 3.23. The Labute approximate surface area is 208 Å². The Hall–Kier alpha value is -3.05. The van der Waals surface area contributed by atoms with Crippen molar-refractivity contribution in [3.63, 3.8) is 0 Å². The molecule has 0 aromatic heterocycles. The number of carbonyl (C=O) groups excluding carboxylic acids is 1. The summed E-state index contributed by atoms with van der Waals surface area (Å²) < 4.78 is 0. The summed E-state index contributed by atoms with van der Waals surface area (Å²) in [5.41, 5.74) is 4.32. The lowest BCUT2D eigenvalue weighted by molar-refractivity contribution is -0.117. The predicted molar refractivity (Wildman–Crippen MR) is 140 cm³/mol. The maximum atomic E-state index is 12.9. The van der Waals surface area contributed by atoms with E-state index in [-0.39, 0.29) is 5.91 Å². The monoisotopic (exact) mass is 468 g/mol. The van der Waals surface area contributed by atoms with Gasteiger partial charge in [0.2, 0.25) is 0 Å². The molecule has 1 aliphatic carbocycles. The van der Waals surface area contributed by atoms with Crippen molar-refractivity contribution in [2.45, 2.75) is 44.4 Å². The lowest BCUT2D eigenvalue weighted by atomic mass is 9.81. The maximum absolute atomic E-state index is 12.9. The van der Waals surface area contributed by atoms with Gasteiger partial charge in [0.25, 0.3) is 5.91 Å². The van der Waals surface area contributed by atoms with Gasteiger partial charge in [-0.2, -0.15) is 0 Å². The van der Waals surface area contributed by atoms with Crippen LogP contribution in [0.3, 0.4) is 0 Å². The van der Waals surface area contributed by atoms with E-state index in [1.807, 2.05) is 30.5 Å². The van der Waals surface area contributed by atoms with Crippen LogP contribution < -0.4 is 10.6 Å². The molecule has 5 heteroatoms. The van der Waals surface area contributed by atoms with Gasteiger partial charge in [-0.1, -0.05) is 36.4 Å². The Balaban J connectivity index is 0.931. The van der Waals surface area contributed by atoms with Crippen molar-refractivity contribution >= 4 is 5.91 Å². The molecule has 1 aromatic carbocycles. The van der Waals surface area contributed by atoms with Crippen molar-refractivity contribution in [2.75, 3.05) is 26.2 Å². The SMILES string of the molecule is O=C(NCC1CCC(CN2CCC(c3ccccc3)CC2)CC1)C1=CC2=CNC3=CC=CC(=C1)N23. The fourth-order valence-corrected chi connectivity index (χ4v) is 6.35. The highest BCUT2D eigenvalue weighted by molar-refractivity contribution is 5.97. The second kappa shape index (κ2) is 9.90. The van der Waals surface area contributed by atoms with E-state index in [2.05, 4.69) is 56.8 Å². The minimum atomic E-state index is 0.0397. The van der Waals surface area contributed by atoms with E-state index in [0.29, 0.717) is 5.92 Å². The number of nitrogens with one attached hydrogen (secondary N) is 2. The van der Waals surface area contributed by atoms with Crippen LogP contribution in [0.15, 0.2) is 89.7 Å². The molecule has 0 atom stereocenters. The Kier molecular flexibility index (Phi) is 6.34. The van der Waals surface area contributed by atoms with Crippen LogP contribution in [0.1, 0.15) is 50.0 Å². The standard InChI is InChI=1S/C30H36N4O/c35-30(26-17-27-7-4-8-29-31-20-28(18-26)34(27)29)32-19-22-9-11-23(12-10-22)21-33-15-13-25(14-16-33)24-5-2-1-3-6-24/h1-8,17-18,20,22-23,25,31H,9-16,19,21H2,(H,32,35). The largest absolute Gasteiger partial charge is 0.352 e. The average molecular weight is 469 g/mol. The summed E-state index contributed by atoms with van der Waals surface area (Å²) in [4.78, 5) is 17.8. The first-order valence-electron chi connectivity index (χ1n) is 13.4. The van der Waals surface area contributed by atoms with E-state index >= 15 is 0 Å². The molecule has 2 fully saturated rings. The number of benzene rings is 1. The van der Waals surface area contributed by atoms with E-state index in [4.69, 9.17) is 0 Å². The summed E-state index contributed by atoms with van der Waals surface area (Å²) in [6, 6.07) is 11.0. The Bertz CT molecular complexity index is 1100. The van der Waals surface area contributed by atoms with E-state index in [0.717, 1.165) is 41.2 Å². The fourth-order valence-electron chi connectivity index (χ4n) is 6.35. The zero-order valence-corrected chi connectivity index (χ0v) is 20.5. The fraction of sp³-hybridized carbons (Fsp3) is 0.433. The molecule has 5 aliphatic rings. The molecule has 4 aliphatic heterocycles. The van der Waals surface area contributed by atoms with Gasteiger partial charge in [0.1, 0.15) is 5.82 Å². The van der Waals surface area contributed by atoms with Gasteiger partial charge in [-0.05, 0) is 99.2 Å². The number of nitrogens with zero attached hydrogens (tertiary/aromatic N) is 2.